The lowest BCUT2D eigenvalue weighted by Crippen LogP contribution is -2.48. The van der Waals surface area contributed by atoms with Crippen molar-refractivity contribution in [1.82, 2.24) is 9.88 Å². The van der Waals surface area contributed by atoms with Gasteiger partial charge in [0.2, 0.25) is 5.91 Å². The van der Waals surface area contributed by atoms with Gasteiger partial charge in [-0.25, -0.2) is 9.78 Å². The smallest absolute Gasteiger partial charge is 0.408 e. The Hall–Kier alpha value is -5.21. The van der Waals surface area contributed by atoms with Crippen LogP contribution in [0.3, 0.4) is 0 Å². The summed E-state index contributed by atoms with van der Waals surface area (Å²) in [6, 6.07) is 20.4. The number of pyridine rings is 1. The first-order valence-electron chi connectivity index (χ1n) is 12.5. The summed E-state index contributed by atoms with van der Waals surface area (Å²) >= 11 is 1.24. The lowest BCUT2D eigenvalue weighted by molar-refractivity contribution is -0.118. The van der Waals surface area contributed by atoms with E-state index in [0.29, 0.717) is 32.9 Å². The van der Waals surface area contributed by atoms with Crippen molar-refractivity contribution in [1.29, 1.82) is 5.26 Å². The third-order valence-electron chi connectivity index (χ3n) is 6.09. The first kappa shape index (κ1) is 28.8. The standard InChI is InChI=1S/C30H27N5O5S/c1-30(2,3)35(29(39)40)17-26(37)32-19-9-6-8-18(14-19)21-15-23(20-10-4-5-11-24(20)36)33-27(22(21)16-31)34-28(38)25-12-7-13-41-25/h4-15,36H,17H2,1-3H3,(H,32,37)(H,39,40)(H,33,34,38). The Morgan fingerprint density at radius 2 is 1.76 bits per heavy atom. The van der Waals surface area contributed by atoms with Crippen LogP contribution in [-0.4, -0.2) is 50.1 Å². The summed E-state index contributed by atoms with van der Waals surface area (Å²) < 4.78 is 0. The fourth-order valence-electron chi connectivity index (χ4n) is 4.08. The molecule has 0 saturated carbocycles. The van der Waals surface area contributed by atoms with Crippen LogP contribution in [0.2, 0.25) is 0 Å². The summed E-state index contributed by atoms with van der Waals surface area (Å²) in [7, 11) is 0. The van der Waals surface area contributed by atoms with Gasteiger partial charge in [-0.2, -0.15) is 5.26 Å². The monoisotopic (exact) mass is 569 g/mol. The number of thiophene rings is 1. The number of nitriles is 1. The van der Waals surface area contributed by atoms with Gasteiger partial charge in [0.25, 0.3) is 5.91 Å². The third kappa shape index (κ3) is 6.69. The highest BCUT2D eigenvalue weighted by molar-refractivity contribution is 7.12. The van der Waals surface area contributed by atoms with Crippen LogP contribution in [-0.2, 0) is 4.79 Å². The second-order valence-electron chi connectivity index (χ2n) is 10.0. The average molecular weight is 570 g/mol. The summed E-state index contributed by atoms with van der Waals surface area (Å²) in [5.41, 5.74) is 1.31. The van der Waals surface area contributed by atoms with Crippen molar-refractivity contribution in [2.75, 3.05) is 17.2 Å². The van der Waals surface area contributed by atoms with Crippen LogP contribution in [0.5, 0.6) is 5.75 Å². The largest absolute Gasteiger partial charge is 0.507 e. The molecule has 0 aliphatic rings. The van der Waals surface area contributed by atoms with E-state index in [1.165, 1.54) is 17.4 Å². The van der Waals surface area contributed by atoms with Crippen molar-refractivity contribution in [3.63, 3.8) is 0 Å². The first-order valence-corrected chi connectivity index (χ1v) is 13.3. The molecule has 0 fully saturated rings. The van der Waals surface area contributed by atoms with Gasteiger partial charge in [-0.15, -0.1) is 11.3 Å². The molecule has 0 unspecified atom stereocenters. The Morgan fingerprint density at radius 1 is 1.00 bits per heavy atom. The maximum atomic E-state index is 12.9. The van der Waals surface area contributed by atoms with Crippen LogP contribution in [0.15, 0.2) is 72.1 Å². The zero-order chi connectivity index (χ0) is 29.7. The number of carboxylic acid groups (broad SMARTS) is 1. The van der Waals surface area contributed by atoms with Crippen LogP contribution in [0.1, 0.15) is 36.0 Å². The SMILES string of the molecule is CC(C)(C)N(CC(=O)Nc1cccc(-c2cc(-c3ccccc3O)nc(NC(=O)c3cccs3)c2C#N)c1)C(=O)O. The van der Waals surface area contributed by atoms with Crippen molar-refractivity contribution in [3.8, 4) is 34.2 Å². The number of phenolic OH excluding ortho intramolecular Hbond substituents is 1. The van der Waals surface area contributed by atoms with Crippen molar-refractivity contribution in [2.45, 2.75) is 26.3 Å². The molecule has 3 amide bonds. The molecule has 2 aromatic carbocycles. The number of benzene rings is 2. The normalized spacial score (nSPS) is 10.9. The summed E-state index contributed by atoms with van der Waals surface area (Å²) in [6.45, 7) is 4.70. The Bertz CT molecular complexity index is 1650. The van der Waals surface area contributed by atoms with Crippen LogP contribution < -0.4 is 10.6 Å². The van der Waals surface area contributed by atoms with Crippen LogP contribution in [0.25, 0.3) is 22.4 Å². The zero-order valence-corrected chi connectivity index (χ0v) is 23.3. The number of carbonyl (C=O) groups is 3. The molecule has 0 aliphatic heterocycles. The minimum atomic E-state index is -1.22. The van der Waals surface area contributed by atoms with E-state index in [9.17, 15) is 29.9 Å². The number of aromatic hydroxyl groups is 1. The van der Waals surface area contributed by atoms with E-state index in [2.05, 4.69) is 21.7 Å². The van der Waals surface area contributed by atoms with E-state index >= 15 is 0 Å². The maximum Gasteiger partial charge on any atom is 0.408 e. The highest BCUT2D eigenvalue weighted by Gasteiger charge is 2.28. The second kappa shape index (κ2) is 11.9. The van der Waals surface area contributed by atoms with E-state index < -0.39 is 23.4 Å². The van der Waals surface area contributed by atoms with Gasteiger partial charge < -0.3 is 20.8 Å². The fraction of sp³-hybridized carbons (Fsp3) is 0.167. The lowest BCUT2D eigenvalue weighted by Gasteiger charge is -2.32. The number of aromatic nitrogens is 1. The predicted octanol–water partition coefficient (Wildman–Crippen LogP) is 6.02. The minimum Gasteiger partial charge on any atom is -0.507 e. The molecule has 0 spiro atoms. The zero-order valence-electron chi connectivity index (χ0n) is 22.5. The van der Waals surface area contributed by atoms with E-state index in [0.717, 1.165) is 4.90 Å². The van der Waals surface area contributed by atoms with Gasteiger partial charge in [-0.05, 0) is 68.1 Å². The number of hydrogen-bond donors (Lipinski definition) is 4. The highest BCUT2D eigenvalue weighted by atomic mass is 32.1. The maximum absolute atomic E-state index is 12.9. The topological polar surface area (TPSA) is 156 Å². The van der Waals surface area contributed by atoms with Crippen molar-refractivity contribution in [3.05, 3.63) is 82.6 Å². The molecule has 11 heteroatoms. The van der Waals surface area contributed by atoms with Gasteiger partial charge in [-0.3, -0.25) is 14.5 Å². The van der Waals surface area contributed by atoms with Crippen LogP contribution >= 0.6 is 11.3 Å². The van der Waals surface area contributed by atoms with Crippen molar-refractivity contribution >= 4 is 40.7 Å². The van der Waals surface area contributed by atoms with Crippen molar-refractivity contribution in [2.24, 2.45) is 0 Å². The molecular weight excluding hydrogens is 542 g/mol. The molecule has 4 rings (SSSR count). The number of carbonyl (C=O) groups excluding carboxylic acids is 2. The minimum absolute atomic E-state index is 0.0124. The van der Waals surface area contributed by atoms with E-state index in [4.69, 9.17) is 0 Å². The summed E-state index contributed by atoms with van der Waals surface area (Å²) in [4.78, 5) is 43.3. The first-order chi connectivity index (χ1) is 19.5. The van der Waals surface area contributed by atoms with Crippen LogP contribution in [0, 0.1) is 11.3 Å². The lowest BCUT2D eigenvalue weighted by atomic mass is 9.97. The number of nitrogens with one attached hydrogen (secondary N) is 2. The predicted molar refractivity (Wildman–Crippen MR) is 157 cm³/mol. The van der Waals surface area contributed by atoms with Gasteiger partial charge >= 0.3 is 6.09 Å². The molecule has 0 aliphatic carbocycles. The van der Waals surface area contributed by atoms with Gasteiger partial charge in [0, 0.05) is 22.4 Å². The Kier molecular flexibility index (Phi) is 8.35. The molecule has 208 valence electrons. The molecule has 2 aromatic heterocycles. The molecule has 2 heterocycles. The molecule has 10 nitrogen and oxygen atoms in total. The quantitative estimate of drug-likeness (QED) is 0.212. The Morgan fingerprint density at radius 3 is 2.39 bits per heavy atom. The van der Waals surface area contributed by atoms with E-state index in [1.807, 2.05) is 0 Å². The highest BCUT2D eigenvalue weighted by Crippen LogP contribution is 2.36. The number of phenols is 1. The number of rotatable bonds is 7. The average Bonchev–Trinajstić information content (AvgIpc) is 3.46. The van der Waals surface area contributed by atoms with Crippen molar-refractivity contribution < 1.29 is 24.6 Å². The number of hydrogen-bond acceptors (Lipinski definition) is 7. The Balaban J connectivity index is 1.76. The van der Waals surface area contributed by atoms with Crippen LogP contribution in [0.4, 0.5) is 16.3 Å². The number of amides is 3. The second-order valence-corrected chi connectivity index (χ2v) is 11.0. The number of nitrogens with zero attached hydrogens (tertiary/aromatic N) is 3. The number of anilines is 2. The Labute approximate surface area is 240 Å². The fourth-order valence-corrected chi connectivity index (χ4v) is 4.70. The molecule has 0 saturated heterocycles. The molecule has 0 bridgehead atoms. The van der Waals surface area contributed by atoms with E-state index in [-0.39, 0.29) is 23.7 Å². The number of para-hydroxylation sites is 1. The molecule has 0 radical (unpaired) electrons. The molecule has 0 atom stereocenters. The van der Waals surface area contributed by atoms with Gasteiger partial charge in [0.15, 0.2) is 5.82 Å². The van der Waals surface area contributed by atoms with Gasteiger partial charge in [0.05, 0.1) is 10.6 Å². The molecular formula is C30H27N5O5S. The van der Waals surface area contributed by atoms with Gasteiger partial charge in [-0.1, -0.05) is 30.3 Å². The summed E-state index contributed by atoms with van der Waals surface area (Å²) in [5, 5.41) is 37.4. The summed E-state index contributed by atoms with van der Waals surface area (Å²) in [5.74, 6) is -0.992. The third-order valence-corrected chi connectivity index (χ3v) is 6.96. The molecule has 4 aromatic rings. The molecule has 4 N–H and O–H groups in total. The summed E-state index contributed by atoms with van der Waals surface area (Å²) in [6.07, 6.45) is -1.22. The van der Waals surface area contributed by atoms with Gasteiger partial charge in [0.1, 0.15) is 23.9 Å². The van der Waals surface area contributed by atoms with E-state index in [1.54, 1.807) is 86.8 Å². The molecule has 41 heavy (non-hydrogen) atoms.